The Balaban J connectivity index is 3.86. The van der Waals surface area contributed by atoms with Crippen LogP contribution in [0.4, 0.5) is 0 Å². The summed E-state index contributed by atoms with van der Waals surface area (Å²) in [6, 6.07) is 0. The van der Waals surface area contributed by atoms with E-state index in [2.05, 4.69) is 0 Å². The Bertz CT molecular complexity index is 226. The maximum absolute atomic E-state index is 10.4. The van der Waals surface area contributed by atoms with Crippen molar-refractivity contribution in [2.45, 2.75) is 58.2 Å². The Morgan fingerprint density at radius 3 is 2.19 bits per heavy atom. The molecule has 0 saturated heterocycles. The molecular formula is C11H23NO4. The molecule has 96 valence electrons. The highest BCUT2D eigenvalue weighted by Crippen LogP contribution is 2.19. The molecule has 0 atom stereocenters. The van der Waals surface area contributed by atoms with Crippen LogP contribution in [0.5, 0.6) is 0 Å². The summed E-state index contributed by atoms with van der Waals surface area (Å²) >= 11 is 0. The number of nitrogens with two attached hydrogens (primary N) is 1. The van der Waals surface area contributed by atoms with Gasteiger partial charge in [-0.05, 0) is 34.1 Å². The summed E-state index contributed by atoms with van der Waals surface area (Å²) in [5, 5.41) is 8.58. The molecule has 0 aliphatic rings. The molecule has 5 heteroatoms. The van der Waals surface area contributed by atoms with E-state index in [0.717, 1.165) is 0 Å². The zero-order valence-electron chi connectivity index (χ0n) is 10.6. The summed E-state index contributed by atoms with van der Waals surface area (Å²) in [5.74, 6) is 4.32. The van der Waals surface area contributed by atoms with Crippen molar-refractivity contribution in [3.8, 4) is 0 Å². The molecule has 0 aromatic carbocycles. The molecule has 16 heavy (non-hydrogen) atoms. The lowest BCUT2D eigenvalue weighted by molar-refractivity contribution is -0.139. The van der Waals surface area contributed by atoms with Crippen molar-refractivity contribution in [3.63, 3.8) is 0 Å². The molecule has 0 saturated carbocycles. The predicted octanol–water partition coefficient (Wildman–Crippen LogP) is 1.71. The first-order chi connectivity index (χ1) is 7.18. The van der Waals surface area contributed by atoms with E-state index >= 15 is 0 Å². The molecule has 0 aliphatic carbocycles. The summed E-state index contributed by atoms with van der Waals surface area (Å²) in [6.07, 6.45) is 1.27. The van der Waals surface area contributed by atoms with Crippen LogP contribution in [0, 0.1) is 0 Å². The summed E-state index contributed by atoms with van der Waals surface area (Å²) in [7, 11) is 0. The van der Waals surface area contributed by atoms with Crippen molar-refractivity contribution in [3.05, 3.63) is 0 Å². The molecule has 0 radical (unpaired) electrons. The van der Waals surface area contributed by atoms with Gasteiger partial charge in [-0.25, -0.2) is 5.90 Å². The molecule has 0 amide bonds. The van der Waals surface area contributed by atoms with E-state index in [9.17, 15) is 4.79 Å². The number of ether oxygens (including phenoxy) is 1. The van der Waals surface area contributed by atoms with Gasteiger partial charge < -0.3 is 9.84 Å². The molecule has 5 nitrogen and oxygen atoms in total. The second kappa shape index (κ2) is 6.18. The van der Waals surface area contributed by atoms with Gasteiger partial charge in [0.2, 0.25) is 0 Å². The fraction of sp³-hybridized carbons (Fsp3) is 0.909. The molecule has 0 aliphatic heterocycles. The predicted molar refractivity (Wildman–Crippen MR) is 60.9 cm³/mol. The number of carboxylic acids is 1. The van der Waals surface area contributed by atoms with Crippen molar-refractivity contribution in [1.82, 2.24) is 0 Å². The van der Waals surface area contributed by atoms with Gasteiger partial charge in [0, 0.05) is 12.8 Å². The summed E-state index contributed by atoms with van der Waals surface area (Å²) in [6.45, 7) is 8.01. The minimum Gasteiger partial charge on any atom is -0.481 e. The van der Waals surface area contributed by atoms with Crippen LogP contribution in [-0.2, 0) is 14.4 Å². The standard InChI is InChI=1S/C11H23NO4/c1-10(2,6-5-9(13)14)15-8-7-11(3,4)16-12/h5-8,12H2,1-4H3,(H,13,14). The van der Waals surface area contributed by atoms with Gasteiger partial charge in [-0.15, -0.1) is 0 Å². The molecular weight excluding hydrogens is 210 g/mol. The van der Waals surface area contributed by atoms with Crippen LogP contribution < -0.4 is 5.90 Å². The minimum atomic E-state index is -0.803. The average molecular weight is 233 g/mol. The maximum atomic E-state index is 10.4. The van der Waals surface area contributed by atoms with Crippen LogP contribution >= 0.6 is 0 Å². The van der Waals surface area contributed by atoms with E-state index in [4.69, 9.17) is 20.6 Å². The van der Waals surface area contributed by atoms with Gasteiger partial charge >= 0.3 is 5.97 Å². The maximum Gasteiger partial charge on any atom is 0.303 e. The Morgan fingerprint density at radius 1 is 1.19 bits per heavy atom. The zero-order chi connectivity index (χ0) is 12.8. The van der Waals surface area contributed by atoms with Crippen LogP contribution in [0.3, 0.4) is 0 Å². The Labute approximate surface area is 96.9 Å². The second-order valence-electron chi connectivity index (χ2n) is 5.13. The van der Waals surface area contributed by atoms with Crippen molar-refractivity contribution in [2.24, 2.45) is 5.90 Å². The van der Waals surface area contributed by atoms with Crippen LogP contribution in [0.15, 0.2) is 0 Å². The third kappa shape index (κ3) is 7.62. The lowest BCUT2D eigenvalue weighted by Gasteiger charge is -2.28. The Morgan fingerprint density at radius 2 is 1.75 bits per heavy atom. The summed E-state index contributed by atoms with van der Waals surface area (Å²) in [5.41, 5.74) is -0.841. The lowest BCUT2D eigenvalue weighted by atomic mass is 10.0. The van der Waals surface area contributed by atoms with Crippen LogP contribution in [-0.4, -0.2) is 28.9 Å². The van der Waals surface area contributed by atoms with Crippen molar-refractivity contribution >= 4 is 5.97 Å². The fourth-order valence-electron chi connectivity index (χ4n) is 1.11. The molecule has 0 bridgehead atoms. The van der Waals surface area contributed by atoms with Crippen molar-refractivity contribution in [2.75, 3.05) is 6.61 Å². The van der Waals surface area contributed by atoms with Crippen LogP contribution in [0.1, 0.15) is 47.0 Å². The first-order valence-corrected chi connectivity index (χ1v) is 5.42. The van der Waals surface area contributed by atoms with Gasteiger partial charge in [0.25, 0.3) is 0 Å². The van der Waals surface area contributed by atoms with Gasteiger partial charge in [0.1, 0.15) is 0 Å². The number of carboxylic acid groups (broad SMARTS) is 1. The largest absolute Gasteiger partial charge is 0.481 e. The van der Waals surface area contributed by atoms with Gasteiger partial charge in [-0.1, -0.05) is 0 Å². The molecule has 0 fully saturated rings. The summed E-state index contributed by atoms with van der Waals surface area (Å²) < 4.78 is 5.62. The van der Waals surface area contributed by atoms with Gasteiger partial charge in [-0.3, -0.25) is 9.63 Å². The molecule has 0 spiro atoms. The molecule has 0 aromatic rings. The topological polar surface area (TPSA) is 81.8 Å². The smallest absolute Gasteiger partial charge is 0.303 e. The van der Waals surface area contributed by atoms with Crippen LogP contribution in [0.25, 0.3) is 0 Å². The zero-order valence-corrected chi connectivity index (χ0v) is 10.6. The number of hydrogen-bond donors (Lipinski definition) is 2. The van der Waals surface area contributed by atoms with Gasteiger partial charge in [-0.2, -0.15) is 0 Å². The highest BCUT2D eigenvalue weighted by Gasteiger charge is 2.22. The number of hydrogen-bond acceptors (Lipinski definition) is 4. The second-order valence-corrected chi connectivity index (χ2v) is 5.13. The molecule has 3 N–H and O–H groups in total. The SMILES string of the molecule is CC(C)(CCOC(C)(C)CCC(=O)O)ON. The lowest BCUT2D eigenvalue weighted by Crippen LogP contribution is -2.32. The Kier molecular flexibility index (Phi) is 5.92. The fourth-order valence-corrected chi connectivity index (χ4v) is 1.11. The first-order valence-electron chi connectivity index (χ1n) is 5.42. The van der Waals surface area contributed by atoms with E-state index in [-0.39, 0.29) is 6.42 Å². The van der Waals surface area contributed by atoms with Crippen molar-refractivity contribution < 1.29 is 19.5 Å². The van der Waals surface area contributed by atoms with Gasteiger partial charge in [0.05, 0.1) is 17.8 Å². The number of rotatable bonds is 8. The molecule has 0 aromatic heterocycles. The quantitative estimate of drug-likeness (QED) is 0.624. The highest BCUT2D eigenvalue weighted by atomic mass is 16.6. The number of aliphatic carboxylic acids is 1. The third-order valence-corrected chi connectivity index (χ3v) is 2.46. The van der Waals surface area contributed by atoms with Crippen LogP contribution in [0.2, 0.25) is 0 Å². The van der Waals surface area contributed by atoms with E-state index in [1.54, 1.807) is 0 Å². The van der Waals surface area contributed by atoms with Gasteiger partial charge in [0.15, 0.2) is 0 Å². The Hall–Kier alpha value is -0.650. The number of carbonyl (C=O) groups is 1. The molecule has 0 unspecified atom stereocenters. The van der Waals surface area contributed by atoms with E-state index < -0.39 is 17.2 Å². The highest BCUT2D eigenvalue weighted by molar-refractivity contribution is 5.66. The van der Waals surface area contributed by atoms with E-state index in [1.807, 2.05) is 27.7 Å². The summed E-state index contributed by atoms with van der Waals surface area (Å²) in [4.78, 5) is 15.2. The normalized spacial score (nSPS) is 12.8. The van der Waals surface area contributed by atoms with E-state index in [0.29, 0.717) is 19.4 Å². The molecule has 0 rings (SSSR count). The average Bonchev–Trinajstić information content (AvgIpc) is 2.14. The monoisotopic (exact) mass is 233 g/mol. The van der Waals surface area contributed by atoms with E-state index in [1.165, 1.54) is 0 Å². The first kappa shape index (κ1) is 15.3. The third-order valence-electron chi connectivity index (χ3n) is 2.46. The minimum absolute atomic E-state index is 0.115. The van der Waals surface area contributed by atoms with Crippen molar-refractivity contribution in [1.29, 1.82) is 0 Å². The molecule has 0 heterocycles.